The standard InChI is InChI=1S/C22H44O6S/c23-22(24)20-18-16-14-12-10-8-6-4-2-1-3-5-7-9-11-13-15-17-19-21-28-29(25,26)27/h1-21H2,(H,23,24)(H,25,26,27). The molecule has 0 saturated heterocycles. The van der Waals surface area contributed by atoms with Crippen LogP contribution in [0, 0.1) is 0 Å². The number of carboxylic acid groups (broad SMARTS) is 1. The first-order valence-corrected chi connectivity index (χ1v) is 13.1. The fraction of sp³-hybridized carbons (Fsp3) is 0.955. The van der Waals surface area contributed by atoms with Gasteiger partial charge in [-0.3, -0.25) is 9.35 Å². The van der Waals surface area contributed by atoms with Crippen molar-refractivity contribution in [3.63, 3.8) is 0 Å². The molecule has 0 aliphatic carbocycles. The molecule has 0 saturated carbocycles. The van der Waals surface area contributed by atoms with Gasteiger partial charge in [-0.05, 0) is 12.8 Å². The lowest BCUT2D eigenvalue weighted by molar-refractivity contribution is -0.137. The topological polar surface area (TPSA) is 101 Å². The molecule has 0 fully saturated rings. The molecule has 0 heterocycles. The van der Waals surface area contributed by atoms with Gasteiger partial charge in [-0.2, -0.15) is 8.42 Å². The van der Waals surface area contributed by atoms with Crippen LogP contribution < -0.4 is 0 Å². The molecule has 0 unspecified atom stereocenters. The molecule has 6 nitrogen and oxygen atoms in total. The largest absolute Gasteiger partial charge is 0.481 e. The molecule has 0 atom stereocenters. The zero-order chi connectivity index (χ0) is 21.6. The van der Waals surface area contributed by atoms with Gasteiger partial charge in [-0.1, -0.05) is 109 Å². The summed E-state index contributed by atoms with van der Waals surface area (Å²) in [5.74, 6) is -0.676. The van der Waals surface area contributed by atoms with Crippen molar-refractivity contribution >= 4 is 16.4 Å². The number of hydrogen-bond donors (Lipinski definition) is 2. The van der Waals surface area contributed by atoms with Crippen LogP contribution in [0.15, 0.2) is 0 Å². The van der Waals surface area contributed by atoms with Crippen molar-refractivity contribution in [3.05, 3.63) is 0 Å². The van der Waals surface area contributed by atoms with Crippen LogP contribution in [0.2, 0.25) is 0 Å². The van der Waals surface area contributed by atoms with Crippen LogP contribution in [0.25, 0.3) is 0 Å². The molecule has 0 aliphatic rings. The van der Waals surface area contributed by atoms with E-state index in [1.807, 2.05) is 0 Å². The van der Waals surface area contributed by atoms with Crippen LogP contribution in [-0.4, -0.2) is 30.7 Å². The van der Waals surface area contributed by atoms with Crippen molar-refractivity contribution in [1.29, 1.82) is 0 Å². The molecule has 0 radical (unpaired) electrons. The molecular weight excluding hydrogens is 392 g/mol. The van der Waals surface area contributed by atoms with Gasteiger partial charge in [-0.25, -0.2) is 4.18 Å². The molecule has 0 aliphatic heterocycles. The monoisotopic (exact) mass is 436 g/mol. The van der Waals surface area contributed by atoms with Crippen LogP contribution in [0.1, 0.15) is 128 Å². The second kappa shape index (κ2) is 20.6. The third kappa shape index (κ3) is 27.3. The quantitative estimate of drug-likeness (QED) is 0.137. The Morgan fingerprint density at radius 3 is 1.10 bits per heavy atom. The summed E-state index contributed by atoms with van der Waals surface area (Å²) in [5, 5.41) is 8.57. The first-order valence-electron chi connectivity index (χ1n) is 11.8. The van der Waals surface area contributed by atoms with Gasteiger partial charge in [0.1, 0.15) is 0 Å². The highest BCUT2D eigenvalue weighted by Gasteiger charge is 2.02. The van der Waals surface area contributed by atoms with Crippen LogP contribution in [-0.2, 0) is 19.4 Å². The summed E-state index contributed by atoms with van der Waals surface area (Å²) in [4.78, 5) is 10.4. The highest BCUT2D eigenvalue weighted by Crippen LogP contribution is 2.14. The van der Waals surface area contributed by atoms with Crippen molar-refractivity contribution in [3.8, 4) is 0 Å². The van der Waals surface area contributed by atoms with Gasteiger partial charge in [0, 0.05) is 6.42 Å². The van der Waals surface area contributed by atoms with E-state index in [1.165, 1.54) is 89.9 Å². The average molecular weight is 437 g/mol. The number of hydrogen-bond acceptors (Lipinski definition) is 4. The van der Waals surface area contributed by atoms with E-state index >= 15 is 0 Å². The van der Waals surface area contributed by atoms with Gasteiger partial charge in [-0.15, -0.1) is 0 Å². The van der Waals surface area contributed by atoms with Gasteiger partial charge in [0.05, 0.1) is 6.61 Å². The Labute approximate surface area is 178 Å². The van der Waals surface area contributed by atoms with Crippen molar-refractivity contribution in [1.82, 2.24) is 0 Å². The number of carbonyl (C=O) groups is 1. The molecular formula is C22H44O6S. The van der Waals surface area contributed by atoms with Crippen molar-refractivity contribution < 1.29 is 27.1 Å². The fourth-order valence-corrected chi connectivity index (χ4v) is 3.88. The first-order chi connectivity index (χ1) is 13.9. The van der Waals surface area contributed by atoms with E-state index in [0.29, 0.717) is 12.8 Å². The van der Waals surface area contributed by atoms with E-state index in [2.05, 4.69) is 4.18 Å². The van der Waals surface area contributed by atoms with E-state index in [1.54, 1.807) is 0 Å². The van der Waals surface area contributed by atoms with E-state index < -0.39 is 16.4 Å². The molecule has 0 aromatic carbocycles. The lowest BCUT2D eigenvalue weighted by atomic mass is 10.0. The molecule has 0 rings (SSSR count). The minimum atomic E-state index is -4.27. The van der Waals surface area contributed by atoms with Gasteiger partial charge < -0.3 is 5.11 Å². The van der Waals surface area contributed by atoms with Crippen LogP contribution in [0.4, 0.5) is 0 Å². The Balaban J connectivity index is 3.06. The Morgan fingerprint density at radius 2 is 0.828 bits per heavy atom. The molecule has 0 aromatic rings. The van der Waals surface area contributed by atoms with Gasteiger partial charge in [0.2, 0.25) is 0 Å². The third-order valence-corrected chi connectivity index (χ3v) is 5.73. The Morgan fingerprint density at radius 1 is 0.552 bits per heavy atom. The van der Waals surface area contributed by atoms with Crippen LogP contribution >= 0.6 is 0 Å². The summed E-state index contributed by atoms with van der Waals surface area (Å²) >= 11 is 0. The number of unbranched alkanes of at least 4 members (excludes halogenated alkanes) is 18. The Hall–Kier alpha value is -0.660. The fourth-order valence-electron chi connectivity index (χ4n) is 3.55. The van der Waals surface area contributed by atoms with E-state index in [0.717, 1.165) is 25.7 Å². The normalized spacial score (nSPS) is 11.8. The maximum atomic E-state index is 10.4. The Bertz CT molecular complexity index is 464. The molecule has 0 aromatic heterocycles. The Kier molecular flexibility index (Phi) is 20.1. The van der Waals surface area contributed by atoms with E-state index in [4.69, 9.17) is 9.66 Å². The zero-order valence-electron chi connectivity index (χ0n) is 18.3. The average Bonchev–Trinajstić information content (AvgIpc) is 2.64. The second-order valence-corrected chi connectivity index (χ2v) is 9.20. The minimum absolute atomic E-state index is 0.0768. The summed E-state index contributed by atoms with van der Waals surface area (Å²) in [6.07, 6.45) is 23.0. The summed E-state index contributed by atoms with van der Waals surface area (Å²) in [5.41, 5.74) is 0. The molecule has 29 heavy (non-hydrogen) atoms. The van der Waals surface area contributed by atoms with E-state index in [-0.39, 0.29) is 6.61 Å². The summed E-state index contributed by atoms with van der Waals surface area (Å²) in [7, 11) is -4.27. The predicted octanol–water partition coefficient (Wildman–Crippen LogP) is 6.69. The SMILES string of the molecule is O=C(O)CCCCCCCCCCCCCCCCCCCCCOS(=O)(=O)O. The summed E-state index contributed by atoms with van der Waals surface area (Å²) < 4.78 is 33.4. The van der Waals surface area contributed by atoms with Crippen LogP contribution in [0.5, 0.6) is 0 Å². The van der Waals surface area contributed by atoms with Gasteiger partial charge in [0.25, 0.3) is 0 Å². The number of aliphatic carboxylic acids is 1. The molecule has 7 heteroatoms. The molecule has 2 N–H and O–H groups in total. The number of rotatable bonds is 23. The van der Waals surface area contributed by atoms with Gasteiger partial charge in [0.15, 0.2) is 0 Å². The van der Waals surface area contributed by atoms with Crippen molar-refractivity contribution in [2.75, 3.05) is 6.61 Å². The summed E-state index contributed by atoms with van der Waals surface area (Å²) in [6, 6.07) is 0. The molecule has 0 bridgehead atoms. The zero-order valence-corrected chi connectivity index (χ0v) is 19.1. The highest BCUT2D eigenvalue weighted by molar-refractivity contribution is 7.80. The highest BCUT2D eigenvalue weighted by atomic mass is 32.3. The van der Waals surface area contributed by atoms with Crippen molar-refractivity contribution in [2.24, 2.45) is 0 Å². The van der Waals surface area contributed by atoms with Crippen molar-refractivity contribution in [2.45, 2.75) is 128 Å². The number of carboxylic acids is 1. The predicted molar refractivity (Wildman–Crippen MR) is 117 cm³/mol. The molecule has 0 spiro atoms. The third-order valence-electron chi connectivity index (χ3n) is 5.27. The van der Waals surface area contributed by atoms with E-state index in [9.17, 15) is 13.2 Å². The van der Waals surface area contributed by atoms with Crippen LogP contribution in [0.3, 0.4) is 0 Å². The molecule has 0 amide bonds. The lowest BCUT2D eigenvalue weighted by Crippen LogP contribution is -2.04. The molecule has 174 valence electrons. The first kappa shape index (κ1) is 28.3. The maximum absolute atomic E-state index is 10.4. The summed E-state index contributed by atoms with van der Waals surface area (Å²) in [6.45, 7) is 0.0768. The van der Waals surface area contributed by atoms with Gasteiger partial charge >= 0.3 is 16.4 Å². The minimum Gasteiger partial charge on any atom is -0.481 e. The smallest absolute Gasteiger partial charge is 0.397 e. The maximum Gasteiger partial charge on any atom is 0.397 e. The second-order valence-electron chi connectivity index (χ2n) is 8.11. The lowest BCUT2D eigenvalue weighted by Gasteiger charge is -2.04.